The van der Waals surface area contributed by atoms with Gasteiger partial charge in [0.25, 0.3) is 0 Å². The second-order valence-electron chi connectivity index (χ2n) is 6.98. The Hall–Kier alpha value is -2.28. The SMILES string of the molecule is O=C1NCCN1c1cccc(NC(=O)N(CC2CCOC2)C2CC2)c1. The van der Waals surface area contributed by atoms with Crippen LogP contribution >= 0.6 is 0 Å². The van der Waals surface area contributed by atoms with E-state index in [1.807, 2.05) is 29.2 Å². The molecule has 2 saturated heterocycles. The van der Waals surface area contributed by atoms with Crippen molar-refractivity contribution in [2.45, 2.75) is 25.3 Å². The molecule has 7 heteroatoms. The summed E-state index contributed by atoms with van der Waals surface area (Å²) in [5, 5.41) is 5.79. The number of benzene rings is 1. The Labute approximate surface area is 147 Å². The van der Waals surface area contributed by atoms with E-state index < -0.39 is 0 Å². The van der Waals surface area contributed by atoms with Gasteiger partial charge in [0.1, 0.15) is 0 Å². The van der Waals surface area contributed by atoms with Gasteiger partial charge in [-0.05, 0) is 37.5 Å². The van der Waals surface area contributed by atoms with Crippen LogP contribution in [0.15, 0.2) is 24.3 Å². The lowest BCUT2D eigenvalue weighted by molar-refractivity contribution is 0.167. The maximum Gasteiger partial charge on any atom is 0.322 e. The molecule has 0 bridgehead atoms. The van der Waals surface area contributed by atoms with Crippen molar-refractivity contribution in [1.82, 2.24) is 10.2 Å². The highest BCUT2D eigenvalue weighted by atomic mass is 16.5. The highest BCUT2D eigenvalue weighted by molar-refractivity contribution is 5.96. The highest BCUT2D eigenvalue weighted by Crippen LogP contribution is 2.30. The number of carbonyl (C=O) groups is 2. The number of hydrogen-bond donors (Lipinski definition) is 2. The Balaban J connectivity index is 1.43. The molecule has 0 aromatic heterocycles. The van der Waals surface area contributed by atoms with E-state index in [9.17, 15) is 9.59 Å². The fraction of sp³-hybridized carbons (Fsp3) is 0.556. The molecular weight excluding hydrogens is 320 g/mol. The van der Waals surface area contributed by atoms with Crippen LogP contribution in [-0.2, 0) is 4.74 Å². The highest BCUT2D eigenvalue weighted by Gasteiger charge is 2.35. The van der Waals surface area contributed by atoms with E-state index in [1.54, 1.807) is 4.90 Å². The topological polar surface area (TPSA) is 73.9 Å². The summed E-state index contributed by atoms with van der Waals surface area (Å²) in [7, 11) is 0. The molecule has 1 aromatic carbocycles. The van der Waals surface area contributed by atoms with E-state index in [-0.39, 0.29) is 12.1 Å². The van der Waals surface area contributed by atoms with Crippen LogP contribution in [0.5, 0.6) is 0 Å². The Bertz CT molecular complexity index is 655. The molecular formula is C18H24N4O3. The zero-order chi connectivity index (χ0) is 17.2. The van der Waals surface area contributed by atoms with E-state index in [4.69, 9.17) is 4.74 Å². The first-order chi connectivity index (χ1) is 12.2. The van der Waals surface area contributed by atoms with E-state index in [0.717, 1.165) is 50.4 Å². The molecule has 4 rings (SSSR count). The van der Waals surface area contributed by atoms with Crippen molar-refractivity contribution in [3.05, 3.63) is 24.3 Å². The quantitative estimate of drug-likeness (QED) is 0.860. The van der Waals surface area contributed by atoms with Crippen molar-refractivity contribution in [1.29, 1.82) is 0 Å². The molecule has 1 aliphatic carbocycles. The molecule has 0 radical (unpaired) electrons. The first-order valence-corrected chi connectivity index (χ1v) is 9.01. The summed E-state index contributed by atoms with van der Waals surface area (Å²) in [6.45, 7) is 3.59. The average molecular weight is 344 g/mol. The third kappa shape index (κ3) is 3.71. The lowest BCUT2D eigenvalue weighted by atomic mass is 10.1. The maximum atomic E-state index is 12.8. The molecule has 0 spiro atoms. The molecule has 134 valence electrons. The number of amides is 4. The Morgan fingerprint density at radius 2 is 2.24 bits per heavy atom. The summed E-state index contributed by atoms with van der Waals surface area (Å²) in [5.74, 6) is 0.436. The smallest absolute Gasteiger partial charge is 0.322 e. The van der Waals surface area contributed by atoms with Gasteiger partial charge in [-0.15, -0.1) is 0 Å². The predicted molar refractivity (Wildman–Crippen MR) is 94.9 cm³/mol. The molecule has 25 heavy (non-hydrogen) atoms. The zero-order valence-electron chi connectivity index (χ0n) is 14.2. The second kappa shape index (κ2) is 6.92. The van der Waals surface area contributed by atoms with Crippen LogP contribution in [0.25, 0.3) is 0 Å². The lowest BCUT2D eigenvalue weighted by Gasteiger charge is -2.25. The number of urea groups is 2. The van der Waals surface area contributed by atoms with E-state index in [0.29, 0.717) is 25.0 Å². The van der Waals surface area contributed by atoms with Crippen molar-refractivity contribution in [3.8, 4) is 0 Å². The monoisotopic (exact) mass is 344 g/mol. The van der Waals surface area contributed by atoms with E-state index >= 15 is 0 Å². The van der Waals surface area contributed by atoms with E-state index in [2.05, 4.69) is 10.6 Å². The molecule has 1 unspecified atom stereocenters. The van der Waals surface area contributed by atoms with Gasteiger partial charge in [-0.1, -0.05) is 6.07 Å². The van der Waals surface area contributed by atoms with Gasteiger partial charge in [-0.25, -0.2) is 9.59 Å². The van der Waals surface area contributed by atoms with Crippen LogP contribution < -0.4 is 15.5 Å². The first kappa shape index (κ1) is 16.2. The second-order valence-corrected chi connectivity index (χ2v) is 6.98. The number of hydrogen-bond acceptors (Lipinski definition) is 3. The van der Waals surface area contributed by atoms with Crippen LogP contribution in [0, 0.1) is 5.92 Å². The number of nitrogens with one attached hydrogen (secondary N) is 2. The minimum absolute atomic E-state index is 0.0579. The largest absolute Gasteiger partial charge is 0.381 e. The fourth-order valence-electron chi connectivity index (χ4n) is 3.45. The van der Waals surface area contributed by atoms with Crippen LogP contribution in [0.1, 0.15) is 19.3 Å². The average Bonchev–Trinajstić information content (AvgIpc) is 3.13. The van der Waals surface area contributed by atoms with Crippen LogP contribution in [-0.4, -0.2) is 55.9 Å². The molecule has 1 aromatic rings. The minimum atomic E-state index is -0.0932. The minimum Gasteiger partial charge on any atom is -0.381 e. The lowest BCUT2D eigenvalue weighted by Crippen LogP contribution is -2.40. The van der Waals surface area contributed by atoms with Gasteiger partial charge in [0.15, 0.2) is 0 Å². The predicted octanol–water partition coefficient (Wildman–Crippen LogP) is 2.25. The molecule has 2 N–H and O–H groups in total. The van der Waals surface area contributed by atoms with Gasteiger partial charge in [0.2, 0.25) is 0 Å². The summed E-state index contributed by atoms with van der Waals surface area (Å²) >= 11 is 0. The van der Waals surface area contributed by atoms with Gasteiger partial charge in [-0.3, -0.25) is 4.90 Å². The fourth-order valence-corrected chi connectivity index (χ4v) is 3.45. The maximum absolute atomic E-state index is 12.8. The normalized spacial score (nSPS) is 22.8. The summed E-state index contributed by atoms with van der Waals surface area (Å²) in [5.41, 5.74) is 1.52. The third-order valence-corrected chi connectivity index (χ3v) is 4.99. The number of carbonyl (C=O) groups excluding carboxylic acids is 2. The number of anilines is 2. The van der Waals surface area contributed by atoms with Crippen molar-refractivity contribution in [2.75, 3.05) is 43.1 Å². The molecule has 1 saturated carbocycles. The van der Waals surface area contributed by atoms with Crippen LogP contribution in [0.4, 0.5) is 21.0 Å². The number of rotatable bonds is 5. The summed E-state index contributed by atoms with van der Waals surface area (Å²) < 4.78 is 5.44. The van der Waals surface area contributed by atoms with Crippen LogP contribution in [0.3, 0.4) is 0 Å². The molecule has 2 aliphatic heterocycles. The Kier molecular flexibility index (Phi) is 4.48. The molecule has 2 heterocycles. The van der Waals surface area contributed by atoms with Crippen molar-refractivity contribution in [2.24, 2.45) is 5.92 Å². The molecule has 1 atom stereocenters. The first-order valence-electron chi connectivity index (χ1n) is 9.01. The molecule has 3 fully saturated rings. The number of ether oxygens (including phenoxy) is 1. The van der Waals surface area contributed by atoms with Gasteiger partial charge in [0, 0.05) is 49.6 Å². The van der Waals surface area contributed by atoms with Gasteiger partial charge in [-0.2, -0.15) is 0 Å². The summed E-state index contributed by atoms with van der Waals surface area (Å²) in [4.78, 5) is 28.2. The van der Waals surface area contributed by atoms with Crippen molar-refractivity contribution < 1.29 is 14.3 Å². The zero-order valence-corrected chi connectivity index (χ0v) is 14.2. The molecule has 4 amide bonds. The van der Waals surface area contributed by atoms with Crippen molar-refractivity contribution in [3.63, 3.8) is 0 Å². The third-order valence-electron chi connectivity index (χ3n) is 4.99. The standard InChI is InChI=1S/C18H24N4O3/c23-17-19-7-8-21(17)16-3-1-2-14(10-16)20-18(24)22(15-4-5-15)11-13-6-9-25-12-13/h1-3,10,13,15H,4-9,11-12H2,(H,19,23)(H,20,24). The molecule has 3 aliphatic rings. The Morgan fingerprint density at radius 1 is 1.36 bits per heavy atom. The summed E-state index contributed by atoms with van der Waals surface area (Å²) in [6.07, 6.45) is 3.18. The van der Waals surface area contributed by atoms with Gasteiger partial charge < -0.3 is 20.3 Å². The van der Waals surface area contributed by atoms with E-state index in [1.165, 1.54) is 0 Å². The van der Waals surface area contributed by atoms with Crippen LogP contribution in [0.2, 0.25) is 0 Å². The molecule has 7 nitrogen and oxygen atoms in total. The Morgan fingerprint density at radius 3 is 2.92 bits per heavy atom. The van der Waals surface area contributed by atoms with Crippen molar-refractivity contribution >= 4 is 23.4 Å². The van der Waals surface area contributed by atoms with Gasteiger partial charge in [0.05, 0.1) is 6.61 Å². The summed E-state index contributed by atoms with van der Waals surface area (Å²) in [6, 6.07) is 7.67. The van der Waals surface area contributed by atoms with Gasteiger partial charge >= 0.3 is 12.1 Å². The number of nitrogens with zero attached hydrogens (tertiary/aromatic N) is 2.